The fourth-order valence-corrected chi connectivity index (χ4v) is 2.21. The molecular weight excluding hydrogens is 250 g/mol. The Balaban J connectivity index is 2.02. The first-order chi connectivity index (χ1) is 9.56. The summed E-state index contributed by atoms with van der Waals surface area (Å²) in [6.45, 7) is 8.82. The lowest BCUT2D eigenvalue weighted by molar-refractivity contribution is 0.527. The molecule has 108 valence electrons. The van der Waals surface area contributed by atoms with Gasteiger partial charge in [0.15, 0.2) is 0 Å². The first kappa shape index (κ1) is 14.5. The molecule has 2 rings (SSSR count). The molecule has 0 aliphatic carbocycles. The molecule has 0 bridgehead atoms. The SMILES string of the molecule is Cc1cc(NC(C)CCC(C)C)ccc1-n1cnnn1. The number of nitrogens with zero attached hydrogens (tertiary/aromatic N) is 4. The van der Waals surface area contributed by atoms with E-state index in [9.17, 15) is 0 Å². The van der Waals surface area contributed by atoms with Crippen molar-refractivity contribution in [1.82, 2.24) is 20.2 Å². The molecule has 1 N–H and O–H groups in total. The van der Waals surface area contributed by atoms with Crippen molar-refractivity contribution in [2.24, 2.45) is 5.92 Å². The van der Waals surface area contributed by atoms with Crippen molar-refractivity contribution in [3.63, 3.8) is 0 Å². The molecule has 0 saturated heterocycles. The highest BCUT2D eigenvalue weighted by molar-refractivity contribution is 5.53. The van der Waals surface area contributed by atoms with E-state index in [0.717, 1.165) is 22.9 Å². The molecule has 1 unspecified atom stereocenters. The van der Waals surface area contributed by atoms with E-state index in [0.29, 0.717) is 6.04 Å². The van der Waals surface area contributed by atoms with Gasteiger partial charge in [-0.1, -0.05) is 13.8 Å². The van der Waals surface area contributed by atoms with Crippen LogP contribution in [0.3, 0.4) is 0 Å². The predicted octanol–water partition coefficient (Wildman–Crippen LogP) is 3.21. The summed E-state index contributed by atoms with van der Waals surface area (Å²) >= 11 is 0. The third-order valence-electron chi connectivity index (χ3n) is 3.38. The van der Waals surface area contributed by atoms with Gasteiger partial charge in [-0.2, -0.15) is 0 Å². The standard InChI is InChI=1S/C15H23N5/c1-11(2)5-6-13(4)17-14-7-8-15(12(3)9-14)20-10-16-18-19-20/h7-11,13,17H,5-6H2,1-4H3. The summed E-state index contributed by atoms with van der Waals surface area (Å²) in [7, 11) is 0. The van der Waals surface area contributed by atoms with Crippen molar-refractivity contribution >= 4 is 5.69 Å². The van der Waals surface area contributed by atoms with E-state index in [1.807, 2.05) is 6.07 Å². The Hall–Kier alpha value is -1.91. The van der Waals surface area contributed by atoms with Crippen molar-refractivity contribution in [1.29, 1.82) is 0 Å². The van der Waals surface area contributed by atoms with Crippen LogP contribution in [0.2, 0.25) is 0 Å². The van der Waals surface area contributed by atoms with Crippen LogP contribution in [0.1, 0.15) is 39.2 Å². The summed E-state index contributed by atoms with van der Waals surface area (Å²) in [6.07, 6.45) is 4.04. The molecule has 1 aromatic heterocycles. The average molecular weight is 273 g/mol. The van der Waals surface area contributed by atoms with Crippen LogP contribution in [0.5, 0.6) is 0 Å². The molecule has 0 amide bonds. The van der Waals surface area contributed by atoms with Crippen molar-refractivity contribution in [2.75, 3.05) is 5.32 Å². The second-order valence-electron chi connectivity index (χ2n) is 5.77. The average Bonchev–Trinajstić information content (AvgIpc) is 2.90. The molecule has 1 heterocycles. The van der Waals surface area contributed by atoms with Crippen molar-refractivity contribution in [2.45, 2.75) is 46.6 Å². The van der Waals surface area contributed by atoms with E-state index in [4.69, 9.17) is 0 Å². The smallest absolute Gasteiger partial charge is 0.143 e. The molecule has 5 nitrogen and oxygen atoms in total. The van der Waals surface area contributed by atoms with E-state index >= 15 is 0 Å². The molecule has 0 radical (unpaired) electrons. The number of aryl methyl sites for hydroxylation is 1. The Morgan fingerprint density at radius 3 is 2.60 bits per heavy atom. The van der Waals surface area contributed by atoms with Crippen LogP contribution in [-0.4, -0.2) is 26.2 Å². The summed E-state index contributed by atoms with van der Waals surface area (Å²) < 4.78 is 1.68. The molecule has 0 spiro atoms. The quantitative estimate of drug-likeness (QED) is 0.878. The molecule has 5 heteroatoms. The summed E-state index contributed by atoms with van der Waals surface area (Å²) in [4.78, 5) is 0. The van der Waals surface area contributed by atoms with Crippen molar-refractivity contribution in [3.8, 4) is 5.69 Å². The minimum Gasteiger partial charge on any atom is -0.383 e. The number of tetrazole rings is 1. The maximum Gasteiger partial charge on any atom is 0.143 e. The number of rotatable bonds is 6. The molecule has 0 fully saturated rings. The Bertz CT molecular complexity index is 533. The number of hydrogen-bond acceptors (Lipinski definition) is 4. The Morgan fingerprint density at radius 1 is 1.20 bits per heavy atom. The zero-order valence-corrected chi connectivity index (χ0v) is 12.7. The summed E-state index contributed by atoms with van der Waals surface area (Å²) in [6, 6.07) is 6.75. The molecule has 0 aliphatic rings. The van der Waals surface area contributed by atoms with Crippen LogP contribution in [0, 0.1) is 12.8 Å². The zero-order chi connectivity index (χ0) is 14.5. The minimum atomic E-state index is 0.482. The topological polar surface area (TPSA) is 55.6 Å². The van der Waals surface area contributed by atoms with Crippen LogP contribution < -0.4 is 5.32 Å². The van der Waals surface area contributed by atoms with Gasteiger partial charge >= 0.3 is 0 Å². The number of aromatic nitrogens is 4. The van der Waals surface area contributed by atoms with Crippen molar-refractivity contribution < 1.29 is 0 Å². The second kappa shape index (κ2) is 6.50. The monoisotopic (exact) mass is 273 g/mol. The molecule has 20 heavy (non-hydrogen) atoms. The highest BCUT2D eigenvalue weighted by atomic mass is 15.5. The first-order valence-electron chi connectivity index (χ1n) is 7.17. The Labute approximate surface area is 120 Å². The summed E-state index contributed by atoms with van der Waals surface area (Å²) in [5, 5.41) is 14.8. The van der Waals surface area contributed by atoms with Crippen LogP contribution in [0.15, 0.2) is 24.5 Å². The summed E-state index contributed by atoms with van der Waals surface area (Å²) in [5.41, 5.74) is 3.31. The molecule has 1 aromatic carbocycles. The highest BCUT2D eigenvalue weighted by Gasteiger charge is 2.07. The van der Waals surface area contributed by atoms with Gasteiger partial charge in [-0.15, -0.1) is 5.10 Å². The molecule has 0 saturated carbocycles. The fraction of sp³-hybridized carbons (Fsp3) is 0.533. The number of benzene rings is 1. The first-order valence-corrected chi connectivity index (χ1v) is 7.17. The molecule has 1 atom stereocenters. The van der Waals surface area contributed by atoms with E-state index in [2.05, 4.69) is 60.7 Å². The third-order valence-corrected chi connectivity index (χ3v) is 3.38. The van der Waals surface area contributed by atoms with Gasteiger partial charge in [-0.05, 0) is 66.8 Å². The Kier molecular flexibility index (Phi) is 4.71. The lowest BCUT2D eigenvalue weighted by atomic mass is 10.0. The van der Waals surface area contributed by atoms with Gasteiger partial charge in [-0.25, -0.2) is 4.68 Å². The normalized spacial score (nSPS) is 12.7. The molecule has 0 aliphatic heterocycles. The highest BCUT2D eigenvalue weighted by Crippen LogP contribution is 2.19. The van der Waals surface area contributed by atoms with E-state index < -0.39 is 0 Å². The van der Waals surface area contributed by atoms with Crippen LogP contribution >= 0.6 is 0 Å². The lowest BCUT2D eigenvalue weighted by Gasteiger charge is -2.17. The van der Waals surface area contributed by atoms with Crippen LogP contribution in [0.25, 0.3) is 5.69 Å². The van der Waals surface area contributed by atoms with Crippen LogP contribution in [0.4, 0.5) is 5.69 Å². The summed E-state index contributed by atoms with van der Waals surface area (Å²) in [5.74, 6) is 0.753. The van der Waals surface area contributed by atoms with Gasteiger partial charge in [0.1, 0.15) is 6.33 Å². The molecular formula is C15H23N5. The van der Waals surface area contributed by atoms with Crippen LogP contribution in [-0.2, 0) is 0 Å². The minimum absolute atomic E-state index is 0.482. The largest absolute Gasteiger partial charge is 0.383 e. The van der Waals surface area contributed by atoms with Gasteiger partial charge < -0.3 is 5.32 Å². The van der Waals surface area contributed by atoms with Gasteiger partial charge in [0, 0.05) is 11.7 Å². The maximum absolute atomic E-state index is 3.92. The van der Waals surface area contributed by atoms with Crippen molar-refractivity contribution in [3.05, 3.63) is 30.1 Å². The van der Waals surface area contributed by atoms with E-state index in [1.165, 1.54) is 12.8 Å². The predicted molar refractivity (Wildman–Crippen MR) is 81.0 cm³/mol. The molecule has 2 aromatic rings. The van der Waals surface area contributed by atoms with Gasteiger partial charge in [0.25, 0.3) is 0 Å². The van der Waals surface area contributed by atoms with E-state index in [1.54, 1.807) is 11.0 Å². The maximum atomic E-state index is 3.92. The zero-order valence-electron chi connectivity index (χ0n) is 12.7. The lowest BCUT2D eigenvalue weighted by Crippen LogP contribution is -2.16. The van der Waals surface area contributed by atoms with Gasteiger partial charge in [0.2, 0.25) is 0 Å². The number of hydrogen-bond donors (Lipinski definition) is 1. The second-order valence-corrected chi connectivity index (χ2v) is 5.77. The third kappa shape index (κ3) is 3.79. The van der Waals surface area contributed by atoms with Gasteiger partial charge in [0.05, 0.1) is 5.69 Å². The van der Waals surface area contributed by atoms with Gasteiger partial charge in [-0.3, -0.25) is 0 Å². The fourth-order valence-electron chi connectivity index (χ4n) is 2.21. The number of anilines is 1. The Morgan fingerprint density at radius 2 is 2.00 bits per heavy atom. The van der Waals surface area contributed by atoms with E-state index in [-0.39, 0.29) is 0 Å². The number of nitrogens with one attached hydrogen (secondary N) is 1.